The van der Waals surface area contributed by atoms with Gasteiger partial charge in [0.1, 0.15) is 11.7 Å². The molecule has 0 radical (unpaired) electrons. The zero-order valence-corrected chi connectivity index (χ0v) is 12.2. The van der Waals surface area contributed by atoms with Gasteiger partial charge >= 0.3 is 5.97 Å². The maximum absolute atomic E-state index is 11.8. The smallest absolute Gasteiger partial charge is 0.323 e. The van der Waals surface area contributed by atoms with Gasteiger partial charge in [-0.25, -0.2) is 4.98 Å². The minimum atomic E-state index is -0.493. The Labute approximate surface area is 123 Å². The molecular formula is C15H19N3O3. The number of carbonyl (C=O) groups excluding carboxylic acids is 1. The molecule has 1 aliphatic rings. The molecular weight excluding hydrogens is 270 g/mol. The van der Waals surface area contributed by atoms with Gasteiger partial charge in [-0.05, 0) is 19.1 Å². The first kappa shape index (κ1) is 14.0. The van der Waals surface area contributed by atoms with Crippen LogP contribution >= 0.6 is 0 Å². The lowest BCUT2D eigenvalue weighted by Crippen LogP contribution is -2.36. The molecule has 0 saturated carbocycles. The summed E-state index contributed by atoms with van der Waals surface area (Å²) in [6, 6.07) is 5.55. The zero-order chi connectivity index (χ0) is 15.0. The summed E-state index contributed by atoms with van der Waals surface area (Å²) in [6.45, 7) is 3.01. The van der Waals surface area contributed by atoms with Gasteiger partial charge in [0.15, 0.2) is 0 Å². The maximum Gasteiger partial charge on any atom is 0.323 e. The SMILES string of the molecule is COC(=O)[C@@H]1C[C@H](O)CN1Cc1cn2c(C)cccc2n1. The van der Waals surface area contributed by atoms with Crippen LogP contribution in [0.4, 0.5) is 0 Å². The molecule has 3 heterocycles. The first-order valence-corrected chi connectivity index (χ1v) is 7.02. The van der Waals surface area contributed by atoms with E-state index in [0.717, 1.165) is 17.0 Å². The van der Waals surface area contributed by atoms with Crippen molar-refractivity contribution in [1.82, 2.24) is 14.3 Å². The number of hydrogen-bond donors (Lipinski definition) is 1. The summed E-state index contributed by atoms with van der Waals surface area (Å²) in [7, 11) is 1.37. The molecule has 2 aromatic rings. The molecule has 6 nitrogen and oxygen atoms in total. The van der Waals surface area contributed by atoms with Crippen molar-refractivity contribution in [1.29, 1.82) is 0 Å². The third-order valence-corrected chi connectivity index (χ3v) is 3.97. The summed E-state index contributed by atoms with van der Waals surface area (Å²) >= 11 is 0. The van der Waals surface area contributed by atoms with Gasteiger partial charge in [0.2, 0.25) is 0 Å². The Hall–Kier alpha value is -1.92. The molecule has 2 aromatic heterocycles. The lowest BCUT2D eigenvalue weighted by Gasteiger charge is -2.20. The number of likely N-dealkylation sites (tertiary alicyclic amines) is 1. The average molecular weight is 289 g/mol. The number of aliphatic hydroxyl groups excluding tert-OH is 1. The van der Waals surface area contributed by atoms with E-state index in [0.29, 0.717) is 19.5 Å². The fraction of sp³-hybridized carbons (Fsp3) is 0.467. The Balaban J connectivity index is 1.83. The van der Waals surface area contributed by atoms with Crippen LogP contribution in [0, 0.1) is 6.92 Å². The van der Waals surface area contributed by atoms with E-state index in [2.05, 4.69) is 4.98 Å². The number of fused-ring (bicyclic) bond motifs is 1. The lowest BCUT2D eigenvalue weighted by molar-refractivity contribution is -0.146. The number of β-amino-alcohol motifs (C(OH)–C–C–N with tert-alkyl or cyclic N) is 1. The third kappa shape index (κ3) is 2.64. The van der Waals surface area contributed by atoms with E-state index in [4.69, 9.17) is 4.74 Å². The first-order valence-electron chi connectivity index (χ1n) is 7.02. The van der Waals surface area contributed by atoms with Gasteiger partial charge in [0, 0.05) is 31.4 Å². The lowest BCUT2D eigenvalue weighted by atomic mass is 10.2. The van der Waals surface area contributed by atoms with Crippen molar-refractivity contribution in [2.45, 2.75) is 32.0 Å². The Bertz CT molecular complexity index is 667. The summed E-state index contributed by atoms with van der Waals surface area (Å²) in [5.41, 5.74) is 2.88. The van der Waals surface area contributed by atoms with Gasteiger partial charge in [-0.15, -0.1) is 0 Å². The Morgan fingerprint density at radius 3 is 3.05 bits per heavy atom. The second-order valence-corrected chi connectivity index (χ2v) is 5.49. The number of aromatic nitrogens is 2. The first-order chi connectivity index (χ1) is 10.1. The van der Waals surface area contributed by atoms with Crippen LogP contribution in [0.3, 0.4) is 0 Å². The molecule has 112 valence electrons. The van der Waals surface area contributed by atoms with Gasteiger partial charge in [-0.2, -0.15) is 0 Å². The van der Waals surface area contributed by atoms with Gasteiger partial charge < -0.3 is 14.2 Å². The van der Waals surface area contributed by atoms with Crippen LogP contribution in [0.2, 0.25) is 0 Å². The van der Waals surface area contributed by atoms with Crippen molar-refractivity contribution in [3.63, 3.8) is 0 Å². The molecule has 0 unspecified atom stereocenters. The molecule has 1 fully saturated rings. The predicted octanol–water partition coefficient (Wildman–Crippen LogP) is 0.751. The Kier molecular flexibility index (Phi) is 3.65. The van der Waals surface area contributed by atoms with E-state index in [9.17, 15) is 9.90 Å². The number of nitrogens with zero attached hydrogens (tertiary/aromatic N) is 3. The second-order valence-electron chi connectivity index (χ2n) is 5.49. The molecule has 0 bridgehead atoms. The minimum Gasteiger partial charge on any atom is -0.468 e. The van der Waals surface area contributed by atoms with Crippen LogP contribution in [0.5, 0.6) is 0 Å². The number of aliphatic hydroxyl groups is 1. The van der Waals surface area contributed by atoms with Gasteiger partial charge in [-0.3, -0.25) is 9.69 Å². The molecule has 3 rings (SSSR count). The van der Waals surface area contributed by atoms with E-state index in [-0.39, 0.29) is 5.97 Å². The van der Waals surface area contributed by atoms with Crippen LogP contribution in [-0.4, -0.2) is 51.2 Å². The maximum atomic E-state index is 11.8. The van der Waals surface area contributed by atoms with Crippen molar-refractivity contribution in [2.75, 3.05) is 13.7 Å². The van der Waals surface area contributed by atoms with Gasteiger partial charge in [0.25, 0.3) is 0 Å². The Morgan fingerprint density at radius 2 is 2.33 bits per heavy atom. The number of rotatable bonds is 3. The predicted molar refractivity (Wildman–Crippen MR) is 76.8 cm³/mol. The number of imidazole rings is 1. The molecule has 0 aromatic carbocycles. The van der Waals surface area contributed by atoms with Crippen molar-refractivity contribution in [3.8, 4) is 0 Å². The highest BCUT2D eigenvalue weighted by molar-refractivity contribution is 5.76. The highest BCUT2D eigenvalue weighted by Crippen LogP contribution is 2.21. The average Bonchev–Trinajstić information content (AvgIpc) is 3.02. The summed E-state index contributed by atoms with van der Waals surface area (Å²) in [4.78, 5) is 18.3. The van der Waals surface area contributed by atoms with E-state index >= 15 is 0 Å². The Morgan fingerprint density at radius 1 is 1.52 bits per heavy atom. The van der Waals surface area contributed by atoms with Crippen LogP contribution in [0.25, 0.3) is 5.65 Å². The summed E-state index contributed by atoms with van der Waals surface area (Å²) in [5.74, 6) is -0.300. The van der Waals surface area contributed by atoms with E-state index in [1.807, 2.05) is 40.6 Å². The topological polar surface area (TPSA) is 67.1 Å². The number of hydrogen-bond acceptors (Lipinski definition) is 5. The molecule has 6 heteroatoms. The molecule has 0 amide bonds. The summed E-state index contributed by atoms with van der Waals surface area (Å²) < 4.78 is 6.83. The van der Waals surface area contributed by atoms with Gasteiger partial charge in [0.05, 0.1) is 18.9 Å². The van der Waals surface area contributed by atoms with Gasteiger partial charge in [-0.1, -0.05) is 6.07 Å². The van der Waals surface area contributed by atoms with Crippen LogP contribution in [-0.2, 0) is 16.1 Å². The zero-order valence-electron chi connectivity index (χ0n) is 12.2. The van der Waals surface area contributed by atoms with E-state index in [1.165, 1.54) is 7.11 Å². The number of carbonyl (C=O) groups is 1. The van der Waals surface area contributed by atoms with Crippen molar-refractivity contribution in [3.05, 3.63) is 35.8 Å². The number of methoxy groups -OCH3 is 1. The second kappa shape index (κ2) is 5.46. The minimum absolute atomic E-state index is 0.300. The number of ether oxygens (including phenoxy) is 1. The highest BCUT2D eigenvalue weighted by Gasteiger charge is 2.36. The molecule has 1 aliphatic heterocycles. The number of esters is 1. The van der Waals surface area contributed by atoms with Crippen molar-refractivity contribution < 1.29 is 14.6 Å². The van der Waals surface area contributed by atoms with Crippen molar-refractivity contribution in [2.24, 2.45) is 0 Å². The normalized spacial score (nSPS) is 22.8. The van der Waals surface area contributed by atoms with E-state index < -0.39 is 12.1 Å². The fourth-order valence-corrected chi connectivity index (χ4v) is 2.92. The quantitative estimate of drug-likeness (QED) is 0.845. The third-order valence-electron chi connectivity index (χ3n) is 3.97. The fourth-order valence-electron chi connectivity index (χ4n) is 2.92. The molecule has 2 atom stereocenters. The van der Waals surface area contributed by atoms with Crippen LogP contribution in [0.1, 0.15) is 17.8 Å². The number of pyridine rings is 1. The van der Waals surface area contributed by atoms with Crippen molar-refractivity contribution >= 4 is 11.6 Å². The standard InChI is InChI=1S/C15H19N3O3/c1-10-4-3-5-14-16-11(8-18(10)14)7-17-9-12(19)6-13(17)15(20)21-2/h3-5,8,12-13,19H,6-7,9H2,1-2H3/t12-,13-/m0/s1. The number of aryl methyl sites for hydroxylation is 1. The monoisotopic (exact) mass is 289 g/mol. The molecule has 1 saturated heterocycles. The largest absolute Gasteiger partial charge is 0.468 e. The summed E-state index contributed by atoms with van der Waals surface area (Å²) in [5, 5.41) is 9.80. The molecule has 0 aliphatic carbocycles. The molecule has 0 spiro atoms. The molecule has 21 heavy (non-hydrogen) atoms. The van der Waals surface area contributed by atoms with E-state index in [1.54, 1.807) is 0 Å². The summed E-state index contributed by atoms with van der Waals surface area (Å²) in [6.07, 6.45) is 1.90. The highest BCUT2D eigenvalue weighted by atomic mass is 16.5. The van der Waals surface area contributed by atoms with Crippen LogP contribution in [0.15, 0.2) is 24.4 Å². The molecule has 1 N–H and O–H groups in total. The van der Waals surface area contributed by atoms with Crippen LogP contribution < -0.4 is 0 Å².